The molecule has 3 saturated heterocycles. The Morgan fingerprint density at radius 2 is 1.54 bits per heavy atom. The zero-order chi connectivity index (χ0) is 28.2. The summed E-state index contributed by atoms with van der Waals surface area (Å²) >= 11 is 0. The summed E-state index contributed by atoms with van der Waals surface area (Å²) in [4.78, 5) is 18.1. The lowest BCUT2D eigenvalue weighted by atomic mass is 9.72. The number of urea groups is 1. The van der Waals surface area contributed by atoms with Crippen molar-refractivity contribution in [3.05, 3.63) is 95.6 Å². The van der Waals surface area contributed by atoms with Crippen molar-refractivity contribution in [2.45, 2.75) is 43.6 Å². The van der Waals surface area contributed by atoms with Crippen LogP contribution < -0.4 is 10.1 Å². The van der Waals surface area contributed by atoms with Crippen molar-refractivity contribution in [2.24, 2.45) is 0 Å². The molecule has 0 spiro atoms. The summed E-state index contributed by atoms with van der Waals surface area (Å²) in [6.45, 7) is 5.32. The van der Waals surface area contributed by atoms with Gasteiger partial charge < -0.3 is 24.4 Å². The van der Waals surface area contributed by atoms with Crippen LogP contribution in [0, 0.1) is 11.8 Å². The molecule has 6 rings (SSSR count). The predicted octanol–water partition coefficient (Wildman–Crippen LogP) is 4.97. The van der Waals surface area contributed by atoms with E-state index in [4.69, 9.17) is 14.2 Å². The third-order valence-electron chi connectivity index (χ3n) is 8.51. The Labute approximate surface area is 242 Å². The normalized spacial score (nSPS) is 25.7. The molecule has 3 aromatic carbocycles. The fraction of sp³-hybridized carbons (Fsp3) is 0.382. The first kappa shape index (κ1) is 27.3. The second-order valence-electron chi connectivity index (χ2n) is 10.9. The molecule has 0 bridgehead atoms. The van der Waals surface area contributed by atoms with Gasteiger partial charge in [-0.05, 0) is 60.5 Å². The fourth-order valence-corrected chi connectivity index (χ4v) is 6.41. The molecule has 212 valence electrons. The number of ether oxygens (including phenoxy) is 3. The first-order chi connectivity index (χ1) is 20.1. The van der Waals surface area contributed by atoms with Gasteiger partial charge in [-0.1, -0.05) is 49.1 Å². The number of rotatable bonds is 4. The minimum atomic E-state index is -0.148. The van der Waals surface area contributed by atoms with E-state index < -0.39 is 0 Å². The maximum atomic E-state index is 13.6. The van der Waals surface area contributed by atoms with Crippen LogP contribution in [-0.4, -0.2) is 80.1 Å². The quantitative estimate of drug-likeness (QED) is 0.464. The van der Waals surface area contributed by atoms with E-state index in [1.807, 2.05) is 59.5 Å². The van der Waals surface area contributed by atoms with Crippen LogP contribution in [0.1, 0.15) is 36.0 Å². The van der Waals surface area contributed by atoms with Gasteiger partial charge >= 0.3 is 6.03 Å². The Morgan fingerprint density at radius 1 is 0.878 bits per heavy atom. The molecule has 3 aliphatic heterocycles. The standard InChI is InChI=1S/C34H37N3O4/c1-3-29-33(26-13-11-25(12-14-26)10-9-24-7-5-4-6-8-24)30-21-36(22-31-32(23-37(29)30)41-20-19-40-31)34(38)35-27-15-17-28(39-2)18-16-27/h4-8,11-18,29-33H,3,19-23H2,1-2H3,(H,35,38)/t29-,30+,31-,32+,33+/m1/s1. The van der Waals surface area contributed by atoms with E-state index in [-0.39, 0.29) is 24.3 Å². The molecule has 0 radical (unpaired) electrons. The highest BCUT2D eigenvalue weighted by atomic mass is 16.6. The molecule has 3 aromatic rings. The zero-order valence-electron chi connectivity index (χ0n) is 23.7. The first-order valence-electron chi connectivity index (χ1n) is 14.5. The Balaban J connectivity index is 1.23. The average molecular weight is 552 g/mol. The van der Waals surface area contributed by atoms with E-state index >= 15 is 0 Å². The molecule has 7 nitrogen and oxygen atoms in total. The molecule has 7 heteroatoms. The van der Waals surface area contributed by atoms with E-state index in [0.29, 0.717) is 38.3 Å². The number of benzene rings is 3. The second-order valence-corrected chi connectivity index (χ2v) is 10.9. The number of carbonyl (C=O) groups is 1. The SMILES string of the molecule is CC[C@@H]1[C@H](c2ccc(C#Cc3ccccc3)cc2)[C@@H]2CN(C(=O)Nc3ccc(OC)cc3)C[C@H]3OCCO[C@H]3CN12. The van der Waals surface area contributed by atoms with Gasteiger partial charge in [-0.15, -0.1) is 0 Å². The molecular weight excluding hydrogens is 514 g/mol. The van der Waals surface area contributed by atoms with Crippen LogP contribution in [-0.2, 0) is 9.47 Å². The molecule has 1 N–H and O–H groups in total. The summed E-state index contributed by atoms with van der Waals surface area (Å²) in [5, 5.41) is 3.08. The van der Waals surface area contributed by atoms with Crippen molar-refractivity contribution in [1.82, 2.24) is 9.80 Å². The molecule has 41 heavy (non-hydrogen) atoms. The smallest absolute Gasteiger partial charge is 0.321 e. The third-order valence-corrected chi connectivity index (χ3v) is 8.51. The van der Waals surface area contributed by atoms with E-state index in [1.165, 1.54) is 5.56 Å². The molecule has 2 amide bonds. The Morgan fingerprint density at radius 3 is 2.20 bits per heavy atom. The van der Waals surface area contributed by atoms with Crippen LogP contribution in [0.2, 0.25) is 0 Å². The van der Waals surface area contributed by atoms with Gasteiger partial charge in [-0.25, -0.2) is 4.79 Å². The Hall–Kier alpha value is -3.83. The Kier molecular flexibility index (Phi) is 8.24. The molecule has 3 fully saturated rings. The van der Waals surface area contributed by atoms with Crippen molar-refractivity contribution in [3.63, 3.8) is 0 Å². The van der Waals surface area contributed by atoms with E-state index in [1.54, 1.807) is 7.11 Å². The van der Waals surface area contributed by atoms with Crippen LogP contribution >= 0.6 is 0 Å². The molecule has 0 aliphatic carbocycles. The van der Waals surface area contributed by atoms with Crippen molar-refractivity contribution < 1.29 is 19.0 Å². The molecule has 3 heterocycles. The van der Waals surface area contributed by atoms with Crippen molar-refractivity contribution in [3.8, 4) is 17.6 Å². The van der Waals surface area contributed by atoms with Crippen LogP contribution in [0.3, 0.4) is 0 Å². The van der Waals surface area contributed by atoms with Gasteiger partial charge in [0.25, 0.3) is 0 Å². The van der Waals surface area contributed by atoms with E-state index in [0.717, 1.165) is 35.5 Å². The van der Waals surface area contributed by atoms with E-state index in [2.05, 4.69) is 53.2 Å². The van der Waals surface area contributed by atoms with Gasteiger partial charge in [-0.2, -0.15) is 0 Å². The molecule has 5 atom stereocenters. The highest BCUT2D eigenvalue weighted by Gasteiger charge is 2.52. The molecule has 0 aromatic heterocycles. The van der Waals surface area contributed by atoms with Gasteiger partial charge in [0.1, 0.15) is 11.9 Å². The fourth-order valence-electron chi connectivity index (χ4n) is 6.41. The van der Waals surface area contributed by atoms with Gasteiger partial charge in [-0.3, -0.25) is 4.90 Å². The summed E-state index contributed by atoms with van der Waals surface area (Å²) in [5.74, 6) is 7.60. The number of amides is 2. The maximum Gasteiger partial charge on any atom is 0.321 e. The van der Waals surface area contributed by atoms with Gasteiger partial charge in [0.15, 0.2) is 0 Å². The number of hydrogen-bond donors (Lipinski definition) is 1. The Bertz CT molecular complexity index is 1380. The van der Waals surface area contributed by atoms with Crippen molar-refractivity contribution in [2.75, 3.05) is 45.3 Å². The molecule has 3 aliphatic rings. The third kappa shape index (κ3) is 5.96. The number of fused-ring (bicyclic) bond motifs is 2. The summed E-state index contributed by atoms with van der Waals surface area (Å²) in [6.07, 6.45) is 0.811. The van der Waals surface area contributed by atoms with Crippen LogP contribution in [0.15, 0.2) is 78.9 Å². The van der Waals surface area contributed by atoms with Crippen LogP contribution in [0.4, 0.5) is 10.5 Å². The maximum absolute atomic E-state index is 13.6. The largest absolute Gasteiger partial charge is 0.497 e. The van der Waals surface area contributed by atoms with Crippen molar-refractivity contribution in [1.29, 1.82) is 0 Å². The number of nitrogens with one attached hydrogen (secondary N) is 1. The number of anilines is 1. The number of hydrogen-bond acceptors (Lipinski definition) is 5. The number of nitrogens with zero attached hydrogens (tertiary/aromatic N) is 2. The van der Waals surface area contributed by atoms with Crippen LogP contribution in [0.25, 0.3) is 0 Å². The predicted molar refractivity (Wildman–Crippen MR) is 159 cm³/mol. The lowest BCUT2D eigenvalue weighted by Gasteiger charge is -2.59. The van der Waals surface area contributed by atoms with E-state index in [9.17, 15) is 4.79 Å². The minimum Gasteiger partial charge on any atom is -0.497 e. The average Bonchev–Trinajstić information content (AvgIpc) is 3.01. The van der Waals surface area contributed by atoms with Gasteiger partial charge in [0, 0.05) is 47.9 Å². The molecule has 0 saturated carbocycles. The minimum absolute atomic E-state index is 0.0616. The monoisotopic (exact) mass is 551 g/mol. The highest BCUT2D eigenvalue weighted by Crippen LogP contribution is 2.44. The molecule has 0 unspecified atom stereocenters. The zero-order valence-corrected chi connectivity index (χ0v) is 23.7. The second kappa shape index (κ2) is 12.4. The number of carbonyl (C=O) groups excluding carboxylic acids is 1. The van der Waals surface area contributed by atoms with Crippen LogP contribution in [0.5, 0.6) is 5.75 Å². The first-order valence-corrected chi connectivity index (χ1v) is 14.5. The lowest BCUT2D eigenvalue weighted by Crippen LogP contribution is -2.70. The summed E-state index contributed by atoms with van der Waals surface area (Å²) < 4.78 is 17.6. The number of methoxy groups -OCH3 is 1. The topological polar surface area (TPSA) is 63.3 Å². The van der Waals surface area contributed by atoms with Gasteiger partial charge in [0.2, 0.25) is 0 Å². The summed E-state index contributed by atoms with van der Waals surface area (Å²) in [6, 6.07) is 26.5. The summed E-state index contributed by atoms with van der Waals surface area (Å²) in [7, 11) is 1.63. The lowest BCUT2D eigenvalue weighted by molar-refractivity contribution is -0.179. The highest BCUT2D eigenvalue weighted by molar-refractivity contribution is 5.89. The van der Waals surface area contributed by atoms with Gasteiger partial charge in [0.05, 0.1) is 33.0 Å². The van der Waals surface area contributed by atoms with Crippen molar-refractivity contribution >= 4 is 11.7 Å². The summed E-state index contributed by atoms with van der Waals surface area (Å²) in [5.41, 5.74) is 4.02. The molecular formula is C34H37N3O4.